The van der Waals surface area contributed by atoms with Crippen LogP contribution >= 0.6 is 33.0 Å². The van der Waals surface area contributed by atoms with Gasteiger partial charge in [-0.1, -0.05) is 38.5 Å². The molecule has 0 aromatic heterocycles. The number of thioether (sulfide) groups is 1. The molecule has 0 aliphatic carbocycles. The van der Waals surface area contributed by atoms with Gasteiger partial charge in [0, 0.05) is 11.1 Å². The third-order valence-corrected chi connectivity index (χ3v) is 6.48. The molecule has 1 aromatic carbocycles. The molecule has 0 amide bonds. The molecule has 1 aliphatic heterocycles. The van der Waals surface area contributed by atoms with E-state index >= 15 is 0 Å². The summed E-state index contributed by atoms with van der Waals surface area (Å²) in [5, 5.41) is 11.4. The van der Waals surface area contributed by atoms with Crippen molar-refractivity contribution in [2.75, 3.05) is 6.54 Å². The Morgan fingerprint density at radius 3 is 2.52 bits per heavy atom. The van der Waals surface area contributed by atoms with Gasteiger partial charge in [-0.25, -0.2) is 0 Å². The molecule has 2 atom stereocenters. The van der Waals surface area contributed by atoms with Crippen LogP contribution in [0.2, 0.25) is 0 Å². The summed E-state index contributed by atoms with van der Waals surface area (Å²) in [4.78, 5) is 5.71. The molecular formula is C17H24N3PS2. The molecule has 0 fully saturated rings. The second kappa shape index (κ2) is 7.87. The molecule has 0 spiro atoms. The third kappa shape index (κ3) is 5.66. The first kappa shape index (κ1) is 18.6. The summed E-state index contributed by atoms with van der Waals surface area (Å²) in [5.74, 6) is 0.680. The molecular weight excluding hydrogens is 341 g/mol. The molecule has 6 heteroatoms. The van der Waals surface area contributed by atoms with Crippen LogP contribution in [0, 0.1) is 17.7 Å². The maximum absolute atomic E-state index is 8.26. The molecule has 0 bridgehead atoms. The Bertz CT molecular complexity index is 630. The number of benzene rings is 1. The normalized spacial score (nSPS) is 16.7. The minimum Gasteiger partial charge on any atom is -0.345 e. The summed E-state index contributed by atoms with van der Waals surface area (Å²) in [6.45, 7) is 9.28. The largest absolute Gasteiger partial charge is 0.345 e. The van der Waals surface area contributed by atoms with Crippen molar-refractivity contribution in [3.63, 3.8) is 0 Å². The highest BCUT2D eigenvalue weighted by atomic mass is 32.2. The number of thiol groups is 1. The summed E-state index contributed by atoms with van der Waals surface area (Å²) in [6, 6.07) is 8.41. The second-order valence-electron chi connectivity index (χ2n) is 6.53. The van der Waals surface area contributed by atoms with Crippen LogP contribution in [0.15, 0.2) is 45.9 Å². The molecule has 124 valence electrons. The van der Waals surface area contributed by atoms with Gasteiger partial charge in [-0.2, -0.15) is 12.6 Å². The fraction of sp³-hybridized carbons (Fsp3) is 0.412. The monoisotopic (exact) mass is 365 g/mol. The van der Waals surface area contributed by atoms with Crippen LogP contribution in [0.1, 0.15) is 26.3 Å². The first-order chi connectivity index (χ1) is 10.8. The van der Waals surface area contributed by atoms with Gasteiger partial charge in [0.2, 0.25) is 0 Å². The summed E-state index contributed by atoms with van der Waals surface area (Å²) < 4.78 is 0.0719. The lowest BCUT2D eigenvalue weighted by atomic mass is 9.87. The number of rotatable bonds is 5. The van der Waals surface area contributed by atoms with E-state index in [2.05, 4.69) is 74.9 Å². The molecule has 2 unspecified atom stereocenters. The van der Waals surface area contributed by atoms with Crippen molar-refractivity contribution in [1.82, 2.24) is 5.32 Å². The summed E-state index contributed by atoms with van der Waals surface area (Å²) in [5.41, 5.74) is 3.16. The number of aliphatic imine (C=N–C) groups is 1. The van der Waals surface area contributed by atoms with Gasteiger partial charge in [-0.15, -0.1) is 11.8 Å². The van der Waals surface area contributed by atoms with Crippen LogP contribution in [-0.2, 0) is 0 Å². The van der Waals surface area contributed by atoms with E-state index in [1.165, 1.54) is 16.0 Å². The maximum atomic E-state index is 8.26. The zero-order valence-electron chi connectivity index (χ0n) is 14.0. The highest BCUT2D eigenvalue weighted by molar-refractivity contribution is 8.17. The van der Waals surface area contributed by atoms with Crippen LogP contribution in [0.25, 0.3) is 0 Å². The molecule has 23 heavy (non-hydrogen) atoms. The van der Waals surface area contributed by atoms with Crippen LogP contribution in [0.4, 0.5) is 0 Å². The van der Waals surface area contributed by atoms with Crippen LogP contribution in [0.5, 0.6) is 0 Å². The number of hydrogen-bond donors (Lipinski definition) is 3. The van der Waals surface area contributed by atoms with Gasteiger partial charge in [0.25, 0.3) is 0 Å². The minimum atomic E-state index is 0.0719. The third-order valence-electron chi connectivity index (χ3n) is 3.53. The van der Waals surface area contributed by atoms with Crippen molar-refractivity contribution in [1.29, 1.82) is 5.41 Å². The molecule has 1 heterocycles. The van der Waals surface area contributed by atoms with E-state index in [1.54, 1.807) is 11.8 Å². The molecule has 0 saturated heterocycles. The number of amidine groups is 1. The molecule has 1 aliphatic rings. The highest BCUT2D eigenvalue weighted by Gasteiger charge is 2.21. The fourth-order valence-electron chi connectivity index (χ4n) is 1.98. The van der Waals surface area contributed by atoms with Crippen LogP contribution in [0.3, 0.4) is 0 Å². The minimum absolute atomic E-state index is 0.0719. The Kier molecular flexibility index (Phi) is 6.35. The predicted octanol–water partition coefficient (Wildman–Crippen LogP) is 4.89. The van der Waals surface area contributed by atoms with E-state index in [0.29, 0.717) is 26.4 Å². The maximum Gasteiger partial charge on any atom is 0.150 e. The van der Waals surface area contributed by atoms with Crippen LogP contribution < -0.4 is 5.32 Å². The van der Waals surface area contributed by atoms with E-state index in [9.17, 15) is 0 Å². The molecule has 2 N–H and O–H groups in total. The lowest BCUT2D eigenvalue weighted by Gasteiger charge is -2.25. The van der Waals surface area contributed by atoms with Gasteiger partial charge < -0.3 is 5.32 Å². The first-order valence-corrected chi connectivity index (χ1v) is 10.0. The highest BCUT2D eigenvalue weighted by Crippen LogP contribution is 2.38. The SMILES string of the molecule is Cc1ccc(SC(S)PC(=N)C2=NCC(C(C)(C)C)=CN2)cc1. The van der Waals surface area contributed by atoms with Gasteiger partial charge in [-0.3, -0.25) is 10.4 Å². The quantitative estimate of drug-likeness (QED) is 0.229. The van der Waals surface area contributed by atoms with Crippen molar-refractivity contribution in [2.45, 2.75) is 36.9 Å². The van der Waals surface area contributed by atoms with E-state index in [1.807, 2.05) is 6.20 Å². The van der Waals surface area contributed by atoms with Gasteiger partial charge in [0.15, 0.2) is 5.84 Å². The van der Waals surface area contributed by atoms with Gasteiger partial charge in [-0.05, 0) is 38.6 Å². The number of aryl methyl sites for hydroxylation is 1. The van der Waals surface area contributed by atoms with Crippen molar-refractivity contribution >= 4 is 44.3 Å². The number of hydrogen-bond acceptors (Lipinski definition) is 5. The smallest absolute Gasteiger partial charge is 0.150 e. The van der Waals surface area contributed by atoms with Crippen molar-refractivity contribution in [3.8, 4) is 0 Å². The Morgan fingerprint density at radius 1 is 1.35 bits per heavy atom. The molecule has 2 rings (SSSR count). The molecule has 0 radical (unpaired) electrons. The Hall–Kier alpha value is -0.770. The fourth-order valence-corrected chi connectivity index (χ4v) is 4.82. The average Bonchev–Trinajstić information content (AvgIpc) is 2.49. The van der Waals surface area contributed by atoms with E-state index < -0.39 is 0 Å². The topological polar surface area (TPSA) is 48.2 Å². The Labute approximate surface area is 150 Å². The Balaban J connectivity index is 1.87. The Morgan fingerprint density at radius 2 is 2.00 bits per heavy atom. The van der Waals surface area contributed by atoms with Crippen molar-refractivity contribution < 1.29 is 0 Å². The summed E-state index contributed by atoms with van der Waals surface area (Å²) in [6.07, 6.45) is 2.00. The lowest BCUT2D eigenvalue weighted by Crippen LogP contribution is -2.31. The second-order valence-corrected chi connectivity index (χ2v) is 10.8. The van der Waals surface area contributed by atoms with Gasteiger partial charge in [0.1, 0.15) is 0 Å². The first-order valence-electron chi connectivity index (χ1n) is 7.53. The molecule has 0 saturated carbocycles. The standard InChI is InChI=1S/C17H24N3PS2/c1-11-5-7-13(8-6-11)23-16(22)21-14(18)15-19-9-12(10-20-15)17(2,3)4/h5-9,16,18,21-22H,10H2,1-4H3,(H,19,20). The molecule has 1 aromatic rings. The van der Waals surface area contributed by atoms with Crippen LogP contribution in [-0.4, -0.2) is 22.2 Å². The van der Waals surface area contributed by atoms with E-state index in [-0.39, 0.29) is 9.74 Å². The van der Waals surface area contributed by atoms with Crippen molar-refractivity contribution in [2.24, 2.45) is 10.4 Å². The predicted molar refractivity (Wildman–Crippen MR) is 109 cm³/mol. The zero-order valence-corrected chi connectivity index (χ0v) is 16.7. The average molecular weight is 366 g/mol. The van der Waals surface area contributed by atoms with E-state index in [4.69, 9.17) is 5.41 Å². The van der Waals surface area contributed by atoms with E-state index in [0.717, 1.165) is 0 Å². The summed E-state index contributed by atoms with van der Waals surface area (Å²) >= 11 is 6.31. The lowest BCUT2D eigenvalue weighted by molar-refractivity contribution is 0.490. The summed E-state index contributed by atoms with van der Waals surface area (Å²) in [7, 11) is 0.300. The van der Waals surface area contributed by atoms with Crippen molar-refractivity contribution in [3.05, 3.63) is 41.6 Å². The molecule has 3 nitrogen and oxygen atoms in total. The zero-order chi connectivity index (χ0) is 17.0. The number of nitrogens with one attached hydrogen (secondary N) is 2. The van der Waals surface area contributed by atoms with Gasteiger partial charge in [0.05, 0.1) is 16.3 Å². The van der Waals surface area contributed by atoms with Gasteiger partial charge >= 0.3 is 0 Å². The number of nitrogens with zero attached hydrogens (tertiary/aromatic N) is 1.